The summed E-state index contributed by atoms with van der Waals surface area (Å²) in [6.07, 6.45) is 2.09. The summed E-state index contributed by atoms with van der Waals surface area (Å²) in [5.74, 6) is 0. The molecule has 66 valence electrons. The molecule has 0 spiro atoms. The summed E-state index contributed by atoms with van der Waals surface area (Å²) in [5, 5.41) is 0. The first-order chi connectivity index (χ1) is 5.27. The van der Waals surface area contributed by atoms with Gasteiger partial charge in [0.2, 0.25) is 0 Å². The van der Waals surface area contributed by atoms with Crippen molar-refractivity contribution in [3.63, 3.8) is 0 Å². The van der Waals surface area contributed by atoms with Crippen molar-refractivity contribution >= 4 is 0 Å². The van der Waals surface area contributed by atoms with Gasteiger partial charge in [0.15, 0.2) is 0 Å². The van der Waals surface area contributed by atoms with Gasteiger partial charge in [-0.15, -0.1) is 0 Å². The monoisotopic (exact) mass is 272 g/mol. The van der Waals surface area contributed by atoms with Gasteiger partial charge in [-0.25, -0.2) is 0 Å². The molecule has 2 fully saturated rings. The van der Waals surface area contributed by atoms with Crippen LogP contribution < -0.4 is 21.6 Å². The average Bonchev–Trinajstić information content (AvgIpc) is 2.43. The van der Waals surface area contributed by atoms with Crippen molar-refractivity contribution in [1.29, 1.82) is 0 Å². The number of hydrogen-bond acceptors (Lipinski definition) is 2. The number of rotatable bonds is 1. The van der Waals surface area contributed by atoms with E-state index in [9.17, 15) is 7.83 Å². The van der Waals surface area contributed by atoms with Gasteiger partial charge in [-0.05, 0) is 0 Å². The van der Waals surface area contributed by atoms with E-state index in [1.165, 1.54) is 0 Å². The summed E-state index contributed by atoms with van der Waals surface area (Å²) in [6.45, 7) is 1.57. The molecule has 0 bridgehead atoms. The van der Waals surface area contributed by atoms with Crippen LogP contribution in [0.2, 0.25) is 0 Å². The molecule has 11 heavy (non-hydrogen) atoms. The second-order valence-electron chi connectivity index (χ2n) is 3.35. The Morgan fingerprint density at radius 2 is 2.45 bits per heavy atom. The fourth-order valence-electron chi connectivity index (χ4n) is 2.16. The van der Waals surface area contributed by atoms with Crippen LogP contribution in [-0.2, 0) is 0 Å². The summed E-state index contributed by atoms with van der Waals surface area (Å²) in [6, 6.07) is 0. The number of fused-ring (bicyclic) bond motifs is 1. The van der Waals surface area contributed by atoms with Crippen LogP contribution in [0.5, 0.6) is 0 Å². The van der Waals surface area contributed by atoms with Gasteiger partial charge in [0.1, 0.15) is 0 Å². The van der Waals surface area contributed by atoms with Crippen molar-refractivity contribution < 1.29 is 29.4 Å². The SMILES string of the molecule is O[I-][C@@]12CCCN1C[C@H](F)C2. The molecule has 0 radical (unpaired) electrons. The minimum absolute atomic E-state index is 0.0572. The Bertz CT molecular complexity index is 169. The van der Waals surface area contributed by atoms with Gasteiger partial charge >= 0.3 is 76.4 Å². The van der Waals surface area contributed by atoms with Gasteiger partial charge < -0.3 is 0 Å². The quantitative estimate of drug-likeness (QED) is 0.324. The fourth-order valence-corrected chi connectivity index (χ4v) is 4.20. The van der Waals surface area contributed by atoms with Crippen LogP contribution >= 0.6 is 0 Å². The predicted octanol–water partition coefficient (Wildman–Crippen LogP) is -2.48. The fraction of sp³-hybridized carbons (Fsp3) is 1.00. The first-order valence-corrected chi connectivity index (χ1v) is 6.00. The topological polar surface area (TPSA) is 23.5 Å². The van der Waals surface area contributed by atoms with Crippen molar-refractivity contribution in [3.05, 3.63) is 0 Å². The van der Waals surface area contributed by atoms with Crippen LogP contribution in [0.1, 0.15) is 19.3 Å². The first-order valence-electron chi connectivity index (χ1n) is 3.96. The van der Waals surface area contributed by atoms with Crippen LogP contribution in [0.4, 0.5) is 4.39 Å². The van der Waals surface area contributed by atoms with Gasteiger partial charge in [0.25, 0.3) is 0 Å². The molecule has 0 aliphatic carbocycles. The molecule has 0 aromatic heterocycles. The molecule has 2 aliphatic rings. The molecule has 0 amide bonds. The van der Waals surface area contributed by atoms with Crippen LogP contribution in [0.3, 0.4) is 0 Å². The molecule has 2 nitrogen and oxygen atoms in total. The molecule has 2 rings (SSSR count). The van der Waals surface area contributed by atoms with Crippen LogP contribution in [0, 0.1) is 0 Å². The molecule has 2 aliphatic heterocycles. The van der Waals surface area contributed by atoms with Crippen LogP contribution in [0.15, 0.2) is 0 Å². The van der Waals surface area contributed by atoms with Crippen molar-refractivity contribution in [2.45, 2.75) is 29.0 Å². The third-order valence-electron chi connectivity index (χ3n) is 2.66. The van der Waals surface area contributed by atoms with E-state index in [1.807, 2.05) is 0 Å². The third kappa shape index (κ3) is 1.19. The Morgan fingerprint density at radius 3 is 3.09 bits per heavy atom. The first kappa shape index (κ1) is 8.19. The molecule has 2 saturated heterocycles. The van der Waals surface area contributed by atoms with Gasteiger partial charge in [-0.2, -0.15) is 0 Å². The number of halogens is 2. The van der Waals surface area contributed by atoms with Crippen molar-refractivity contribution in [3.8, 4) is 0 Å². The van der Waals surface area contributed by atoms with E-state index < -0.39 is 27.8 Å². The molecule has 2 heterocycles. The third-order valence-corrected chi connectivity index (χ3v) is 5.22. The van der Waals surface area contributed by atoms with E-state index in [0.717, 1.165) is 19.4 Å². The van der Waals surface area contributed by atoms with E-state index in [1.54, 1.807) is 0 Å². The van der Waals surface area contributed by atoms with E-state index in [-0.39, 0.29) is 3.55 Å². The molecular formula is C7H12FINO-. The zero-order chi connectivity index (χ0) is 7.90. The second kappa shape index (κ2) is 2.81. The normalized spacial score (nSPS) is 45.1. The maximum absolute atomic E-state index is 12.9. The number of nitrogens with zero attached hydrogens (tertiary/aromatic N) is 1. The summed E-state index contributed by atoms with van der Waals surface area (Å²) >= 11 is -0.802. The van der Waals surface area contributed by atoms with Crippen LogP contribution in [-0.4, -0.2) is 31.1 Å². The summed E-state index contributed by atoms with van der Waals surface area (Å²) in [7, 11) is 0. The van der Waals surface area contributed by atoms with Gasteiger partial charge in [-0.1, -0.05) is 0 Å². The standard InChI is InChI=1S/C7H12FINO/c8-6-4-7(9-11)2-1-3-10(7)5-6/h6,11H,1-5H2/q-1/t6-,7+/m1/s1. The molecule has 1 N–H and O–H groups in total. The summed E-state index contributed by atoms with van der Waals surface area (Å²) < 4.78 is 22.1. The van der Waals surface area contributed by atoms with E-state index in [0.29, 0.717) is 13.0 Å². The zero-order valence-electron chi connectivity index (χ0n) is 6.26. The minimum atomic E-state index is -0.802. The Kier molecular flexibility index (Phi) is 2.09. The van der Waals surface area contributed by atoms with Crippen molar-refractivity contribution in [2.75, 3.05) is 13.1 Å². The van der Waals surface area contributed by atoms with Gasteiger partial charge in [-0.3, -0.25) is 0 Å². The van der Waals surface area contributed by atoms with Crippen LogP contribution in [0.25, 0.3) is 0 Å². The Morgan fingerprint density at radius 1 is 1.64 bits per heavy atom. The van der Waals surface area contributed by atoms with Gasteiger partial charge in [0, 0.05) is 0 Å². The molecule has 2 atom stereocenters. The predicted molar refractivity (Wildman–Crippen MR) is 35.3 cm³/mol. The molecule has 0 unspecified atom stereocenters. The van der Waals surface area contributed by atoms with Gasteiger partial charge in [0.05, 0.1) is 0 Å². The Balaban J connectivity index is 2.15. The summed E-state index contributed by atoms with van der Waals surface area (Å²) in [4.78, 5) is 2.16. The molecule has 4 heteroatoms. The van der Waals surface area contributed by atoms with E-state index >= 15 is 0 Å². The van der Waals surface area contributed by atoms with Crippen molar-refractivity contribution in [2.24, 2.45) is 0 Å². The number of alkyl halides is 2. The van der Waals surface area contributed by atoms with E-state index in [2.05, 4.69) is 4.90 Å². The second-order valence-corrected chi connectivity index (χ2v) is 5.84. The van der Waals surface area contributed by atoms with E-state index in [4.69, 9.17) is 0 Å². The maximum atomic E-state index is 12.9. The zero-order valence-corrected chi connectivity index (χ0v) is 8.42. The Labute approximate surface area is 76.6 Å². The van der Waals surface area contributed by atoms with Crippen molar-refractivity contribution in [1.82, 2.24) is 4.90 Å². The molecule has 0 aromatic rings. The summed E-state index contributed by atoms with van der Waals surface area (Å²) in [5.41, 5.74) is 0. The molecule has 0 aromatic carbocycles. The Hall–Kier alpha value is 0.580. The molecular weight excluding hydrogens is 260 g/mol. The molecule has 0 saturated carbocycles. The number of hydrogen-bond donors (Lipinski definition) is 1. The average molecular weight is 272 g/mol.